The Labute approximate surface area is 100 Å². The van der Waals surface area contributed by atoms with Crippen molar-refractivity contribution in [2.75, 3.05) is 0 Å². The van der Waals surface area contributed by atoms with Gasteiger partial charge in [0.05, 0.1) is 5.60 Å². The molecule has 0 radical (unpaired) electrons. The van der Waals surface area contributed by atoms with Crippen LogP contribution in [0.4, 0.5) is 0 Å². The van der Waals surface area contributed by atoms with Crippen LogP contribution in [0.25, 0.3) is 0 Å². The fourth-order valence-corrected chi connectivity index (χ4v) is 4.89. The number of hydrogen-bond acceptors (Lipinski definition) is 3. The van der Waals surface area contributed by atoms with Crippen LogP contribution in [0.3, 0.4) is 0 Å². The topological polar surface area (TPSA) is 33.1 Å². The molecule has 0 aliphatic carbocycles. The molecule has 2 nitrogen and oxygen atoms in total. The molecule has 2 aliphatic rings. The van der Waals surface area contributed by atoms with Crippen LogP contribution in [0.2, 0.25) is 0 Å². The predicted octanol–water partition coefficient (Wildman–Crippen LogP) is 2.72. The van der Waals surface area contributed by atoms with Crippen molar-refractivity contribution in [3.05, 3.63) is 30.1 Å². The van der Waals surface area contributed by atoms with Gasteiger partial charge in [0.2, 0.25) is 0 Å². The smallest absolute Gasteiger partial charge is 0.0932 e. The van der Waals surface area contributed by atoms with Crippen molar-refractivity contribution in [3.63, 3.8) is 0 Å². The van der Waals surface area contributed by atoms with Crippen molar-refractivity contribution in [1.82, 2.24) is 4.98 Å². The van der Waals surface area contributed by atoms with Gasteiger partial charge in [0, 0.05) is 28.5 Å². The summed E-state index contributed by atoms with van der Waals surface area (Å²) in [5.41, 5.74) is 0.391. The number of hydrogen-bond donors (Lipinski definition) is 1. The van der Waals surface area contributed by atoms with E-state index < -0.39 is 5.60 Å². The number of rotatable bonds is 1. The van der Waals surface area contributed by atoms with Crippen LogP contribution >= 0.6 is 11.8 Å². The highest BCUT2D eigenvalue weighted by Crippen LogP contribution is 2.49. The van der Waals surface area contributed by atoms with E-state index in [9.17, 15) is 5.11 Å². The van der Waals surface area contributed by atoms with Crippen molar-refractivity contribution < 1.29 is 5.11 Å². The molecular formula is C13H17NOS. The van der Waals surface area contributed by atoms with Crippen LogP contribution in [0, 0.1) is 0 Å². The van der Waals surface area contributed by atoms with Crippen molar-refractivity contribution in [1.29, 1.82) is 0 Å². The highest BCUT2D eigenvalue weighted by atomic mass is 32.2. The number of pyridine rings is 1. The van der Waals surface area contributed by atoms with Crippen molar-refractivity contribution in [2.24, 2.45) is 0 Å². The second-order valence-electron chi connectivity index (χ2n) is 4.99. The molecule has 2 atom stereocenters. The third-order valence-corrected chi connectivity index (χ3v) is 5.34. The van der Waals surface area contributed by atoms with Gasteiger partial charge >= 0.3 is 0 Å². The lowest BCUT2D eigenvalue weighted by atomic mass is 9.81. The summed E-state index contributed by atoms with van der Waals surface area (Å²) in [6, 6.07) is 3.93. The molecule has 0 aromatic carbocycles. The normalized spacial score (nSPS) is 38.3. The first-order chi connectivity index (χ1) is 7.76. The molecule has 16 heavy (non-hydrogen) atoms. The Morgan fingerprint density at radius 1 is 1.31 bits per heavy atom. The van der Waals surface area contributed by atoms with Crippen LogP contribution in [0.15, 0.2) is 24.5 Å². The molecule has 2 aliphatic heterocycles. The number of nitrogens with zero attached hydrogens (tertiary/aromatic N) is 1. The first-order valence-electron chi connectivity index (χ1n) is 6.05. The molecule has 1 aromatic rings. The molecule has 1 N–H and O–H groups in total. The molecule has 3 rings (SSSR count). The van der Waals surface area contributed by atoms with Gasteiger partial charge in [-0.2, -0.15) is 11.8 Å². The quantitative estimate of drug-likeness (QED) is 0.812. The Morgan fingerprint density at radius 3 is 2.69 bits per heavy atom. The fraction of sp³-hybridized carbons (Fsp3) is 0.615. The van der Waals surface area contributed by atoms with Crippen LogP contribution in [-0.4, -0.2) is 20.6 Å². The molecule has 2 saturated heterocycles. The maximum atomic E-state index is 10.8. The van der Waals surface area contributed by atoms with Gasteiger partial charge in [-0.1, -0.05) is 12.5 Å². The summed E-state index contributed by atoms with van der Waals surface area (Å²) in [5.74, 6) is 0. The highest BCUT2D eigenvalue weighted by Gasteiger charge is 2.42. The van der Waals surface area contributed by atoms with Crippen LogP contribution in [-0.2, 0) is 5.60 Å². The molecule has 3 heterocycles. The van der Waals surface area contributed by atoms with Gasteiger partial charge < -0.3 is 5.11 Å². The average Bonchev–Trinajstić information content (AvgIpc) is 2.29. The van der Waals surface area contributed by atoms with E-state index in [1.807, 2.05) is 18.3 Å². The molecule has 3 heteroatoms. The lowest BCUT2D eigenvalue weighted by molar-refractivity contribution is 0.00782. The average molecular weight is 235 g/mol. The van der Waals surface area contributed by atoms with Crippen LogP contribution in [0.5, 0.6) is 0 Å². The van der Waals surface area contributed by atoms with Crippen LogP contribution < -0.4 is 0 Å². The summed E-state index contributed by atoms with van der Waals surface area (Å²) in [6.45, 7) is 0. The Kier molecular flexibility index (Phi) is 2.68. The molecule has 0 spiro atoms. The van der Waals surface area contributed by atoms with E-state index in [1.165, 1.54) is 19.3 Å². The Bertz CT molecular complexity index is 355. The van der Waals surface area contributed by atoms with Crippen LogP contribution in [0.1, 0.15) is 37.7 Å². The molecule has 86 valence electrons. The minimum Gasteiger partial charge on any atom is -0.385 e. The minimum atomic E-state index is -0.616. The molecule has 2 bridgehead atoms. The third kappa shape index (κ3) is 1.87. The third-order valence-electron chi connectivity index (χ3n) is 3.77. The maximum absolute atomic E-state index is 10.8. The second-order valence-corrected chi connectivity index (χ2v) is 6.60. The van der Waals surface area contributed by atoms with E-state index in [1.54, 1.807) is 6.20 Å². The standard InChI is InChI=1S/C13H17NOS/c15-13(10-3-2-6-14-9-10)7-11-4-1-5-12(8-13)16-11/h2-3,6,9,11-12,15H,1,4-5,7-8H2. The lowest BCUT2D eigenvalue weighted by Crippen LogP contribution is -2.40. The van der Waals surface area contributed by atoms with Crippen molar-refractivity contribution in [2.45, 2.75) is 48.2 Å². The van der Waals surface area contributed by atoms with Gasteiger partial charge in [0.15, 0.2) is 0 Å². The molecule has 0 saturated carbocycles. The number of aromatic nitrogens is 1. The number of aliphatic hydroxyl groups is 1. The van der Waals surface area contributed by atoms with Crippen molar-refractivity contribution >= 4 is 11.8 Å². The number of thioether (sulfide) groups is 1. The summed E-state index contributed by atoms with van der Waals surface area (Å²) in [6.07, 6.45) is 9.27. The van der Waals surface area contributed by atoms with E-state index in [4.69, 9.17) is 0 Å². The second kappa shape index (κ2) is 4.04. The SMILES string of the molecule is OC1(c2cccnc2)CC2CCCC(C1)S2. The fourth-order valence-electron chi connectivity index (χ4n) is 2.99. The summed E-state index contributed by atoms with van der Waals surface area (Å²) in [7, 11) is 0. The first-order valence-corrected chi connectivity index (χ1v) is 6.99. The highest BCUT2D eigenvalue weighted by molar-refractivity contribution is 8.00. The van der Waals surface area contributed by atoms with Gasteiger partial charge in [0.1, 0.15) is 0 Å². The summed E-state index contributed by atoms with van der Waals surface area (Å²) in [5, 5.41) is 12.1. The Balaban J connectivity index is 1.88. The molecular weight excluding hydrogens is 218 g/mol. The number of fused-ring (bicyclic) bond motifs is 2. The predicted molar refractivity (Wildman–Crippen MR) is 66.4 cm³/mol. The van der Waals surface area contributed by atoms with E-state index in [-0.39, 0.29) is 0 Å². The van der Waals surface area contributed by atoms with E-state index >= 15 is 0 Å². The van der Waals surface area contributed by atoms with Gasteiger partial charge in [0.25, 0.3) is 0 Å². The van der Waals surface area contributed by atoms with E-state index in [0.717, 1.165) is 18.4 Å². The van der Waals surface area contributed by atoms with Crippen molar-refractivity contribution in [3.8, 4) is 0 Å². The van der Waals surface area contributed by atoms with Gasteiger partial charge in [-0.25, -0.2) is 0 Å². The van der Waals surface area contributed by atoms with Gasteiger partial charge in [-0.15, -0.1) is 0 Å². The minimum absolute atomic E-state index is 0.616. The van der Waals surface area contributed by atoms with E-state index in [2.05, 4.69) is 16.7 Å². The molecule has 1 aromatic heterocycles. The zero-order chi connectivity index (χ0) is 11.0. The molecule has 0 amide bonds. The molecule has 2 unspecified atom stereocenters. The molecule has 2 fully saturated rings. The van der Waals surface area contributed by atoms with Gasteiger partial charge in [-0.05, 0) is 31.7 Å². The monoisotopic (exact) mass is 235 g/mol. The maximum Gasteiger partial charge on any atom is 0.0932 e. The first kappa shape index (κ1) is 10.6. The Morgan fingerprint density at radius 2 is 2.06 bits per heavy atom. The summed E-state index contributed by atoms with van der Waals surface area (Å²) in [4.78, 5) is 4.13. The van der Waals surface area contributed by atoms with Gasteiger partial charge in [-0.3, -0.25) is 4.98 Å². The zero-order valence-electron chi connectivity index (χ0n) is 9.30. The largest absolute Gasteiger partial charge is 0.385 e. The summed E-state index contributed by atoms with van der Waals surface area (Å²) < 4.78 is 0. The Hall–Kier alpha value is -0.540. The van der Waals surface area contributed by atoms with E-state index in [0.29, 0.717) is 10.5 Å². The zero-order valence-corrected chi connectivity index (χ0v) is 10.1. The summed E-state index contributed by atoms with van der Waals surface area (Å²) >= 11 is 2.09. The lowest BCUT2D eigenvalue weighted by Gasteiger charge is -2.44.